The van der Waals surface area contributed by atoms with Crippen LogP contribution in [0.15, 0.2) is 42.5 Å². The highest BCUT2D eigenvalue weighted by molar-refractivity contribution is 7.16. The lowest BCUT2D eigenvalue weighted by atomic mass is 10.1. The molecule has 0 aliphatic heterocycles. The number of carbonyl (C=O) groups is 2. The fourth-order valence-corrected chi connectivity index (χ4v) is 3.07. The van der Waals surface area contributed by atoms with E-state index in [2.05, 4.69) is 5.32 Å². The first-order chi connectivity index (χ1) is 11.0. The summed E-state index contributed by atoms with van der Waals surface area (Å²) in [5.41, 5.74) is 1.45. The molecule has 0 fully saturated rings. The number of hydrogen-bond donors (Lipinski definition) is 1. The van der Waals surface area contributed by atoms with Gasteiger partial charge in [0.2, 0.25) is 5.91 Å². The molecule has 0 atom stereocenters. The number of thiophene rings is 1. The third-order valence-corrected chi connectivity index (χ3v) is 4.43. The molecule has 1 heterocycles. The van der Waals surface area contributed by atoms with Crippen LogP contribution >= 0.6 is 22.9 Å². The highest BCUT2D eigenvalue weighted by atomic mass is 35.5. The zero-order valence-corrected chi connectivity index (χ0v) is 14.4. The number of benzene rings is 1. The maximum Gasteiger partial charge on any atom is 0.251 e. The molecule has 2 amide bonds. The van der Waals surface area contributed by atoms with E-state index in [4.69, 9.17) is 11.6 Å². The van der Waals surface area contributed by atoms with Crippen molar-refractivity contribution < 1.29 is 9.59 Å². The summed E-state index contributed by atoms with van der Waals surface area (Å²) in [7, 11) is 3.33. The second-order valence-electron chi connectivity index (χ2n) is 4.93. The molecule has 0 radical (unpaired) electrons. The Hall–Kier alpha value is -2.11. The minimum atomic E-state index is -0.133. The lowest BCUT2D eigenvalue weighted by Gasteiger charge is -2.13. The van der Waals surface area contributed by atoms with Crippen molar-refractivity contribution in [1.82, 2.24) is 10.2 Å². The largest absolute Gasteiger partial charge is 0.355 e. The summed E-state index contributed by atoms with van der Waals surface area (Å²) in [6.45, 7) is 0.524. The van der Waals surface area contributed by atoms with Crippen LogP contribution in [0.25, 0.3) is 6.08 Å². The SMILES string of the molecule is CNC(=O)c1ccc(/C=C/C(=O)N(C)Cc2ccc(Cl)s2)cc1. The molecule has 120 valence electrons. The fourth-order valence-electron chi connectivity index (χ4n) is 1.93. The Kier molecular flexibility index (Phi) is 5.96. The van der Waals surface area contributed by atoms with Crippen molar-refractivity contribution in [1.29, 1.82) is 0 Å². The Bertz CT molecular complexity index is 722. The van der Waals surface area contributed by atoms with E-state index in [1.54, 1.807) is 49.3 Å². The van der Waals surface area contributed by atoms with Crippen LogP contribution in [-0.4, -0.2) is 30.8 Å². The molecule has 0 aliphatic carbocycles. The van der Waals surface area contributed by atoms with E-state index in [-0.39, 0.29) is 11.8 Å². The Morgan fingerprint density at radius 3 is 2.48 bits per heavy atom. The molecule has 1 aromatic heterocycles. The number of hydrogen-bond acceptors (Lipinski definition) is 3. The van der Waals surface area contributed by atoms with Gasteiger partial charge in [-0.3, -0.25) is 9.59 Å². The van der Waals surface area contributed by atoms with Crippen LogP contribution in [0.4, 0.5) is 0 Å². The van der Waals surface area contributed by atoms with Crippen molar-refractivity contribution in [2.75, 3.05) is 14.1 Å². The molecule has 0 spiro atoms. The predicted octanol–water partition coefficient (Wildman–Crippen LogP) is 3.43. The van der Waals surface area contributed by atoms with Gasteiger partial charge < -0.3 is 10.2 Å². The average Bonchev–Trinajstić information content (AvgIpc) is 2.97. The van der Waals surface area contributed by atoms with Gasteiger partial charge in [-0.25, -0.2) is 0 Å². The number of amides is 2. The van der Waals surface area contributed by atoms with Crippen LogP contribution in [0.2, 0.25) is 4.34 Å². The number of nitrogens with zero attached hydrogens (tertiary/aromatic N) is 1. The van der Waals surface area contributed by atoms with E-state index < -0.39 is 0 Å². The lowest BCUT2D eigenvalue weighted by Crippen LogP contribution is -2.23. The zero-order valence-electron chi connectivity index (χ0n) is 12.9. The molecule has 0 saturated heterocycles. The molecule has 2 rings (SSSR count). The molecular formula is C17H17ClN2O2S. The molecule has 1 aromatic carbocycles. The van der Waals surface area contributed by atoms with Gasteiger partial charge in [0.05, 0.1) is 10.9 Å². The fraction of sp³-hybridized carbons (Fsp3) is 0.176. The predicted molar refractivity (Wildman–Crippen MR) is 94.7 cm³/mol. The van der Waals surface area contributed by atoms with E-state index in [1.165, 1.54) is 17.4 Å². The first kappa shape index (κ1) is 17.2. The Balaban J connectivity index is 1.95. The van der Waals surface area contributed by atoms with Crippen molar-refractivity contribution in [3.8, 4) is 0 Å². The molecule has 1 N–H and O–H groups in total. The van der Waals surface area contributed by atoms with Crippen molar-refractivity contribution in [3.05, 3.63) is 62.8 Å². The van der Waals surface area contributed by atoms with Crippen LogP contribution in [0, 0.1) is 0 Å². The van der Waals surface area contributed by atoms with Gasteiger partial charge in [-0.1, -0.05) is 23.7 Å². The third kappa shape index (κ3) is 4.94. The van der Waals surface area contributed by atoms with Gasteiger partial charge in [-0.05, 0) is 35.9 Å². The molecule has 23 heavy (non-hydrogen) atoms. The van der Waals surface area contributed by atoms with Gasteiger partial charge in [0, 0.05) is 30.6 Å². The molecular weight excluding hydrogens is 332 g/mol. The topological polar surface area (TPSA) is 49.4 Å². The monoisotopic (exact) mass is 348 g/mol. The van der Waals surface area contributed by atoms with Crippen molar-refractivity contribution in [3.63, 3.8) is 0 Å². The maximum absolute atomic E-state index is 12.1. The second-order valence-corrected chi connectivity index (χ2v) is 6.73. The Labute approximate surface area is 144 Å². The summed E-state index contributed by atoms with van der Waals surface area (Å²) in [4.78, 5) is 26.2. The summed E-state index contributed by atoms with van der Waals surface area (Å²) in [5.74, 6) is -0.226. The van der Waals surface area contributed by atoms with Crippen molar-refractivity contribution >= 4 is 40.8 Å². The maximum atomic E-state index is 12.1. The molecule has 0 bridgehead atoms. The van der Waals surface area contributed by atoms with Gasteiger partial charge in [-0.2, -0.15) is 0 Å². The molecule has 0 aliphatic rings. The molecule has 0 saturated carbocycles. The number of rotatable bonds is 5. The Morgan fingerprint density at radius 2 is 1.91 bits per heavy atom. The highest BCUT2D eigenvalue weighted by Crippen LogP contribution is 2.22. The van der Waals surface area contributed by atoms with E-state index in [0.29, 0.717) is 16.4 Å². The Morgan fingerprint density at radius 1 is 1.22 bits per heavy atom. The lowest BCUT2D eigenvalue weighted by molar-refractivity contribution is -0.125. The number of carbonyl (C=O) groups excluding carboxylic acids is 2. The summed E-state index contributed by atoms with van der Waals surface area (Å²) in [5, 5.41) is 2.56. The average molecular weight is 349 g/mol. The minimum Gasteiger partial charge on any atom is -0.355 e. The standard InChI is InChI=1S/C17H17ClN2O2S/c1-19-17(22)13-6-3-12(4-7-13)5-10-16(21)20(2)11-14-8-9-15(18)23-14/h3-10H,11H2,1-2H3,(H,19,22)/b10-5+. The zero-order chi connectivity index (χ0) is 16.8. The quantitative estimate of drug-likeness (QED) is 0.841. The van der Waals surface area contributed by atoms with Gasteiger partial charge in [0.1, 0.15) is 0 Å². The normalized spacial score (nSPS) is 10.7. The van der Waals surface area contributed by atoms with Crippen LogP contribution in [0.3, 0.4) is 0 Å². The summed E-state index contributed by atoms with van der Waals surface area (Å²) in [6.07, 6.45) is 3.25. The third-order valence-electron chi connectivity index (χ3n) is 3.22. The first-order valence-electron chi connectivity index (χ1n) is 6.99. The van der Waals surface area contributed by atoms with E-state index in [0.717, 1.165) is 10.4 Å². The summed E-state index contributed by atoms with van der Waals surface area (Å²) < 4.78 is 0.715. The van der Waals surface area contributed by atoms with Gasteiger partial charge in [0.15, 0.2) is 0 Å². The second kappa shape index (κ2) is 7.94. The van der Waals surface area contributed by atoms with E-state index >= 15 is 0 Å². The van der Waals surface area contributed by atoms with Crippen LogP contribution < -0.4 is 5.32 Å². The van der Waals surface area contributed by atoms with E-state index in [9.17, 15) is 9.59 Å². The number of halogens is 1. The molecule has 4 nitrogen and oxygen atoms in total. The minimum absolute atomic E-state index is 0.0927. The van der Waals surface area contributed by atoms with Crippen molar-refractivity contribution in [2.45, 2.75) is 6.54 Å². The molecule has 6 heteroatoms. The van der Waals surface area contributed by atoms with Gasteiger partial charge >= 0.3 is 0 Å². The summed E-state index contributed by atoms with van der Waals surface area (Å²) in [6, 6.07) is 10.8. The smallest absolute Gasteiger partial charge is 0.251 e. The molecule has 0 unspecified atom stereocenters. The van der Waals surface area contributed by atoms with E-state index in [1.807, 2.05) is 12.1 Å². The van der Waals surface area contributed by atoms with Crippen LogP contribution in [0.1, 0.15) is 20.8 Å². The highest BCUT2D eigenvalue weighted by Gasteiger charge is 2.07. The van der Waals surface area contributed by atoms with Crippen LogP contribution in [-0.2, 0) is 11.3 Å². The van der Waals surface area contributed by atoms with Gasteiger partial charge in [0.25, 0.3) is 5.91 Å². The van der Waals surface area contributed by atoms with Crippen LogP contribution in [0.5, 0.6) is 0 Å². The number of nitrogens with one attached hydrogen (secondary N) is 1. The van der Waals surface area contributed by atoms with Crippen molar-refractivity contribution in [2.24, 2.45) is 0 Å². The summed E-state index contributed by atoms with van der Waals surface area (Å²) >= 11 is 7.35. The molecule has 2 aromatic rings. The first-order valence-corrected chi connectivity index (χ1v) is 8.18. The van der Waals surface area contributed by atoms with Gasteiger partial charge in [-0.15, -0.1) is 11.3 Å². The number of likely N-dealkylation sites (N-methyl/N-ethyl adjacent to an activating group) is 1.